The van der Waals surface area contributed by atoms with Crippen LogP contribution in [0.2, 0.25) is 0 Å². The van der Waals surface area contributed by atoms with Crippen LogP contribution in [0.4, 0.5) is 0 Å². The van der Waals surface area contributed by atoms with Crippen molar-refractivity contribution in [1.29, 1.82) is 0 Å². The van der Waals surface area contributed by atoms with Gasteiger partial charge in [-0.05, 0) is 0 Å². The molecule has 0 unspecified atom stereocenters. The molecule has 15 atom stereocenters. The Morgan fingerprint density at radius 2 is 1.39 bits per heavy atom. The summed E-state index contributed by atoms with van der Waals surface area (Å²) in [6.07, 6.45) is -26.8. The van der Waals surface area contributed by atoms with Gasteiger partial charge in [0.2, 0.25) is 0 Å². The third-order valence-electron chi connectivity index (χ3n) is 7.66. The van der Waals surface area contributed by atoms with E-state index in [-0.39, 0.29) is 0 Å². The van der Waals surface area contributed by atoms with Gasteiger partial charge in [-0.1, -0.05) is 0 Å². The first-order valence-corrected chi connectivity index (χ1v) is 15.0. The van der Waals surface area contributed by atoms with E-state index in [0.29, 0.717) is 0 Å². The molecule has 0 aromatic heterocycles. The smallest absolute Gasteiger partial charge is 0.470 e. The summed E-state index contributed by atoms with van der Waals surface area (Å²) in [6.45, 7) is -3.42. The lowest BCUT2D eigenvalue weighted by atomic mass is 9.90. The molecule has 3 rings (SSSR count). The Hall–Kier alpha value is -1.55. The molecule has 0 radical (unpaired) electrons. The number of ether oxygens (including phenoxy) is 5. The van der Waals surface area contributed by atoms with Crippen molar-refractivity contribution in [3.05, 3.63) is 0 Å². The van der Waals surface area contributed by atoms with Gasteiger partial charge < -0.3 is 95.4 Å². The van der Waals surface area contributed by atoms with Crippen LogP contribution >= 0.6 is 7.82 Å². The van der Waals surface area contributed by atoms with Crippen LogP contribution in [-0.4, -0.2) is 189 Å². The van der Waals surface area contributed by atoms with Gasteiger partial charge in [-0.25, -0.2) is 14.2 Å². The van der Waals surface area contributed by atoms with Gasteiger partial charge in [-0.3, -0.25) is 4.52 Å². The van der Waals surface area contributed by atoms with Crippen LogP contribution < -0.4 is 5.73 Å². The average Bonchev–Trinajstić information content (AvgIpc) is 2.98. The molecule has 3 aliphatic heterocycles. The van der Waals surface area contributed by atoms with Gasteiger partial charge in [-0.2, -0.15) is 0 Å². The lowest BCUT2D eigenvalue weighted by Crippen LogP contribution is -2.68. The predicted octanol–water partition coefficient (Wildman–Crippen LogP) is -7.80. The molecule has 3 heterocycles. The van der Waals surface area contributed by atoms with Crippen LogP contribution in [0.1, 0.15) is 12.8 Å². The highest BCUT2D eigenvalue weighted by atomic mass is 31.2. The molecule has 24 heteroatoms. The highest BCUT2D eigenvalue weighted by molar-refractivity contribution is 7.46. The van der Waals surface area contributed by atoms with Gasteiger partial charge in [0.25, 0.3) is 11.6 Å². The number of carboxylic acids is 2. The standard InChI is InChI=1S/C22H38NO22P/c23-11-14(31)17(45-46(37,38)39)10(41-18(11)32)5-40-21(19(33)34)2-9(13(30)16(43-21)8(28)4-25)42-22(20(35)36)1-6(26)12(29)15(44-22)7(27)3-24/h6-18,24-32H,1-5,23H2,(H,33,34)(H,35,36)(H2,37,38,39)/t6-,7-,8-,9-,10-,11-,12-,13-,14-,15-,16-,17-,18+,21-,22-/m1/s1. The lowest BCUT2D eigenvalue weighted by Gasteiger charge is -2.50. The number of carbonyl (C=O) groups is 2. The molecular weight excluding hydrogens is 661 g/mol. The minimum Gasteiger partial charge on any atom is -0.477 e. The van der Waals surface area contributed by atoms with Gasteiger partial charge in [-0.15, -0.1) is 0 Å². The van der Waals surface area contributed by atoms with Crippen LogP contribution in [0.25, 0.3) is 0 Å². The number of aliphatic carboxylic acids is 2. The van der Waals surface area contributed by atoms with E-state index in [9.17, 15) is 80.1 Å². The van der Waals surface area contributed by atoms with Crippen LogP contribution in [0, 0.1) is 0 Å². The van der Waals surface area contributed by atoms with Crippen molar-refractivity contribution in [1.82, 2.24) is 0 Å². The number of hydrogen-bond donors (Lipinski definition) is 14. The zero-order chi connectivity index (χ0) is 34.9. The summed E-state index contributed by atoms with van der Waals surface area (Å²) in [5, 5.41) is 111. The quantitative estimate of drug-likeness (QED) is 0.0793. The Morgan fingerprint density at radius 3 is 1.89 bits per heavy atom. The molecule has 3 aliphatic rings. The topological polar surface area (TPSA) is 396 Å². The third-order valence-corrected chi connectivity index (χ3v) is 8.17. The van der Waals surface area contributed by atoms with Crippen molar-refractivity contribution in [2.24, 2.45) is 5.73 Å². The van der Waals surface area contributed by atoms with Gasteiger partial charge in [0, 0.05) is 12.8 Å². The summed E-state index contributed by atoms with van der Waals surface area (Å²) in [6, 6.07) is -1.67. The summed E-state index contributed by atoms with van der Waals surface area (Å²) in [5.74, 6) is -10.3. The third kappa shape index (κ3) is 8.18. The minimum absolute atomic E-state index is 1.09. The Morgan fingerprint density at radius 1 is 0.870 bits per heavy atom. The van der Waals surface area contributed by atoms with Crippen molar-refractivity contribution in [2.75, 3.05) is 19.8 Å². The number of phosphoric ester groups is 1. The van der Waals surface area contributed by atoms with Crippen molar-refractivity contribution in [3.8, 4) is 0 Å². The number of carboxylic acid groups (broad SMARTS) is 2. The highest BCUT2D eigenvalue weighted by Crippen LogP contribution is 2.43. The average molecular weight is 700 g/mol. The van der Waals surface area contributed by atoms with Crippen LogP contribution in [0.15, 0.2) is 0 Å². The molecule has 268 valence electrons. The van der Waals surface area contributed by atoms with E-state index in [1.807, 2.05) is 0 Å². The van der Waals surface area contributed by atoms with E-state index in [1.165, 1.54) is 0 Å². The molecule has 0 spiro atoms. The summed E-state index contributed by atoms with van der Waals surface area (Å²) in [4.78, 5) is 43.6. The Labute approximate surface area is 258 Å². The van der Waals surface area contributed by atoms with Gasteiger partial charge in [0.05, 0.1) is 38.1 Å². The summed E-state index contributed by atoms with van der Waals surface area (Å²) >= 11 is 0. The fraction of sp³-hybridized carbons (Fsp3) is 0.909. The molecule has 0 amide bonds. The maximum absolute atomic E-state index is 12.6. The first-order chi connectivity index (χ1) is 21.2. The highest BCUT2D eigenvalue weighted by Gasteiger charge is 2.61. The zero-order valence-corrected chi connectivity index (χ0v) is 24.4. The fourth-order valence-electron chi connectivity index (χ4n) is 5.21. The van der Waals surface area contributed by atoms with Gasteiger partial charge in [0.15, 0.2) is 6.29 Å². The molecule has 0 aliphatic carbocycles. The zero-order valence-electron chi connectivity index (χ0n) is 23.6. The number of rotatable bonds is 13. The normalized spacial score (nSPS) is 43.5. The van der Waals surface area contributed by atoms with Crippen molar-refractivity contribution >= 4 is 19.8 Å². The molecular formula is C22H38NO22P. The number of nitrogens with two attached hydrogens (primary N) is 1. The van der Waals surface area contributed by atoms with Crippen molar-refractivity contribution < 1.29 is 108 Å². The first-order valence-electron chi connectivity index (χ1n) is 13.5. The SMILES string of the molecule is N[C@@H]1[C@@H](O)[C@H](OP(=O)(O)O)[C@@H](CO[C@]2(C(=O)O)C[C@@H](O[C@]3(C(=O)O)C[C@@H](O)[C@@H](O)[C@@H]([C@H](O)CO)O3)[C@@H](O)[C@@H]([C@H](O)CO)O2)O[C@@H]1O. The van der Waals surface area contributed by atoms with Crippen LogP contribution in [-0.2, 0) is 42.4 Å². The molecule has 0 aromatic carbocycles. The van der Waals surface area contributed by atoms with E-state index in [1.54, 1.807) is 0 Å². The van der Waals surface area contributed by atoms with E-state index in [0.717, 1.165) is 0 Å². The molecule has 0 bridgehead atoms. The van der Waals surface area contributed by atoms with Crippen LogP contribution in [0.3, 0.4) is 0 Å². The van der Waals surface area contributed by atoms with Gasteiger partial charge in [0.1, 0.15) is 54.9 Å². The maximum Gasteiger partial charge on any atom is 0.470 e. The number of aliphatic hydroxyl groups excluding tert-OH is 9. The predicted molar refractivity (Wildman–Crippen MR) is 137 cm³/mol. The molecule has 23 nitrogen and oxygen atoms in total. The fourth-order valence-corrected chi connectivity index (χ4v) is 5.79. The second-order valence-electron chi connectivity index (χ2n) is 10.9. The number of hydrogen-bond acceptors (Lipinski definition) is 19. The van der Waals surface area contributed by atoms with Crippen molar-refractivity contribution in [2.45, 2.75) is 104 Å². The monoisotopic (exact) mass is 699 g/mol. The summed E-state index contributed by atoms with van der Waals surface area (Å²) in [7, 11) is -5.39. The molecule has 0 saturated carbocycles. The van der Waals surface area contributed by atoms with E-state index >= 15 is 0 Å². The molecule has 15 N–H and O–H groups in total. The molecule has 3 fully saturated rings. The first kappa shape index (κ1) is 38.9. The lowest BCUT2D eigenvalue weighted by molar-refractivity contribution is -0.377. The number of aliphatic hydroxyl groups is 9. The molecule has 0 aromatic rings. The number of phosphoric acid groups is 1. The summed E-state index contributed by atoms with van der Waals surface area (Å²) in [5.41, 5.74) is 5.55. The Kier molecular flexibility index (Phi) is 12.6. The largest absolute Gasteiger partial charge is 0.477 e. The second-order valence-corrected chi connectivity index (χ2v) is 12.1. The van der Waals surface area contributed by atoms with E-state index in [2.05, 4.69) is 4.52 Å². The second kappa shape index (κ2) is 14.9. The van der Waals surface area contributed by atoms with Gasteiger partial charge >= 0.3 is 19.8 Å². The van der Waals surface area contributed by atoms with E-state index in [4.69, 9.17) is 29.4 Å². The van der Waals surface area contributed by atoms with E-state index < -0.39 is 143 Å². The molecule has 3 saturated heterocycles. The molecule has 46 heavy (non-hydrogen) atoms. The maximum atomic E-state index is 12.6. The summed E-state index contributed by atoms with van der Waals surface area (Å²) < 4.78 is 42.5. The Bertz CT molecular complexity index is 1110. The van der Waals surface area contributed by atoms with Crippen LogP contribution in [0.5, 0.6) is 0 Å². The Balaban J connectivity index is 1.99. The van der Waals surface area contributed by atoms with Crippen molar-refractivity contribution in [3.63, 3.8) is 0 Å². The minimum atomic E-state index is -5.39.